The summed E-state index contributed by atoms with van der Waals surface area (Å²) in [6.45, 7) is 2.08. The van der Waals surface area contributed by atoms with Crippen LogP contribution in [0.3, 0.4) is 0 Å². The van der Waals surface area contributed by atoms with Gasteiger partial charge in [0.1, 0.15) is 6.29 Å². The van der Waals surface area contributed by atoms with Crippen molar-refractivity contribution in [2.24, 2.45) is 0 Å². The van der Waals surface area contributed by atoms with Gasteiger partial charge in [-0.3, -0.25) is 0 Å². The monoisotopic (exact) mass is 558 g/mol. The van der Waals surface area contributed by atoms with E-state index in [0.29, 0.717) is 5.57 Å². The largest absolute Gasteiger partial charge is 0.466 e. The number of aryl methyl sites for hydroxylation is 1. The molecule has 0 spiro atoms. The molecule has 0 N–H and O–H groups in total. The van der Waals surface area contributed by atoms with Gasteiger partial charge in [0, 0.05) is 18.7 Å². The van der Waals surface area contributed by atoms with Crippen LogP contribution in [0.25, 0.3) is 4.91 Å². The maximum absolute atomic E-state index is 12.3. The second kappa shape index (κ2) is 10.9. The van der Waals surface area contributed by atoms with Crippen molar-refractivity contribution in [3.05, 3.63) is 104 Å². The lowest BCUT2D eigenvalue weighted by Gasteiger charge is -2.26. The first kappa shape index (κ1) is 23.5. The van der Waals surface area contributed by atoms with Gasteiger partial charge >= 0.3 is 5.97 Å². The molecule has 1 aliphatic heterocycles. The van der Waals surface area contributed by atoms with Gasteiger partial charge in [0.05, 0.1) is 18.6 Å². The van der Waals surface area contributed by atoms with E-state index in [4.69, 9.17) is 4.74 Å². The minimum absolute atomic E-state index is 0.397. The van der Waals surface area contributed by atoms with Crippen molar-refractivity contribution in [3.8, 4) is 0 Å². The zero-order valence-corrected chi connectivity index (χ0v) is 21.0. The van der Waals surface area contributed by atoms with Crippen LogP contribution in [0.1, 0.15) is 22.6 Å². The minimum atomic E-state index is -0.623. The second-order valence-electron chi connectivity index (χ2n) is 6.79. The zero-order valence-electron chi connectivity index (χ0n) is 17.0. The number of methoxy groups -OCH3 is 1. The summed E-state index contributed by atoms with van der Waals surface area (Å²) in [7, 11) is 1.33. The molecule has 0 saturated heterocycles. The normalized spacial score (nSPS) is 14.8. The van der Waals surface area contributed by atoms with E-state index in [9.17, 15) is 9.59 Å². The second-order valence-corrected chi connectivity index (χ2v) is 9.68. The van der Waals surface area contributed by atoms with Crippen LogP contribution in [0.2, 0.25) is 0 Å². The Hall–Kier alpha value is -2.15. The number of halogens is 2. The Labute approximate surface area is 203 Å². The average Bonchev–Trinajstić information content (AvgIpc) is 2.80. The van der Waals surface area contributed by atoms with Gasteiger partial charge in [-0.2, -0.15) is 0 Å². The summed E-state index contributed by atoms with van der Waals surface area (Å²) >= 11 is 8.29. The van der Waals surface area contributed by atoms with Gasteiger partial charge in [-0.05, 0) is 42.3 Å². The summed E-state index contributed by atoms with van der Waals surface area (Å²) in [5.74, 6) is -1.09. The van der Waals surface area contributed by atoms with Gasteiger partial charge in [-0.25, -0.2) is 4.79 Å². The Balaban J connectivity index is 0.000000287. The van der Waals surface area contributed by atoms with Gasteiger partial charge in [0.15, 0.2) is 0 Å². The van der Waals surface area contributed by atoms with E-state index >= 15 is 0 Å². The molecular formula is C25H20Br2O3S. The first-order chi connectivity index (χ1) is 14.9. The van der Waals surface area contributed by atoms with Crippen LogP contribution in [0.5, 0.6) is 0 Å². The van der Waals surface area contributed by atoms with Crippen molar-refractivity contribution in [2.75, 3.05) is 7.11 Å². The number of hydrogen-bond donors (Lipinski definition) is 0. The number of aldehydes is 1. The first-order valence-electron chi connectivity index (χ1n) is 9.47. The highest BCUT2D eigenvalue weighted by molar-refractivity contribution is 9.10. The minimum Gasteiger partial charge on any atom is -0.466 e. The van der Waals surface area contributed by atoms with E-state index in [1.54, 1.807) is 0 Å². The molecule has 31 heavy (non-hydrogen) atoms. The average molecular weight is 560 g/mol. The molecule has 1 aliphatic rings. The smallest absolute Gasteiger partial charge is 0.335 e. The predicted molar refractivity (Wildman–Crippen MR) is 133 cm³/mol. The van der Waals surface area contributed by atoms with Gasteiger partial charge in [-0.1, -0.05) is 97.7 Å². The standard InChI is InChI=1S/C18H13BrO3S.C7H7Br/c1-22-18(21)16-14(10-20)13-8-7-12(19)9-15(13)23-17(16)11-5-3-2-4-6-11;1-6-2-4-7(8)5-3-6/h2-10,14H,1H3;2-5H,1H3. The lowest BCUT2D eigenvalue weighted by Crippen LogP contribution is -2.19. The van der Waals surface area contributed by atoms with Gasteiger partial charge < -0.3 is 9.53 Å². The summed E-state index contributed by atoms with van der Waals surface area (Å²) in [6, 6.07) is 23.5. The van der Waals surface area contributed by atoms with E-state index in [2.05, 4.69) is 50.9 Å². The maximum atomic E-state index is 12.3. The van der Waals surface area contributed by atoms with E-state index < -0.39 is 11.9 Å². The molecular weight excluding hydrogens is 540 g/mol. The topological polar surface area (TPSA) is 43.4 Å². The van der Waals surface area contributed by atoms with Gasteiger partial charge in [-0.15, -0.1) is 0 Å². The van der Waals surface area contributed by atoms with E-state index in [0.717, 1.165) is 36.2 Å². The van der Waals surface area contributed by atoms with Gasteiger partial charge in [0.25, 0.3) is 0 Å². The Morgan fingerprint density at radius 1 is 0.968 bits per heavy atom. The summed E-state index contributed by atoms with van der Waals surface area (Å²) in [5.41, 5.74) is 3.42. The number of rotatable bonds is 3. The molecule has 6 heteroatoms. The molecule has 4 rings (SSSR count). The van der Waals surface area contributed by atoms with Crippen molar-refractivity contribution in [1.82, 2.24) is 0 Å². The van der Waals surface area contributed by atoms with Crippen molar-refractivity contribution in [3.63, 3.8) is 0 Å². The number of thioether (sulfide) groups is 1. The third kappa shape index (κ3) is 5.76. The van der Waals surface area contributed by atoms with Crippen molar-refractivity contribution in [2.45, 2.75) is 17.7 Å². The Bertz CT molecular complexity index is 1090. The number of ether oxygens (including phenoxy) is 1. The molecule has 0 amide bonds. The molecule has 0 radical (unpaired) electrons. The van der Waals surface area contributed by atoms with E-state index in [-0.39, 0.29) is 0 Å². The summed E-state index contributed by atoms with van der Waals surface area (Å²) in [5, 5.41) is 0. The lowest BCUT2D eigenvalue weighted by atomic mass is 9.90. The number of esters is 1. The molecule has 158 valence electrons. The third-order valence-electron chi connectivity index (χ3n) is 4.67. The van der Waals surface area contributed by atoms with E-state index in [1.807, 2.05) is 60.7 Å². The molecule has 0 aromatic heterocycles. The quantitative estimate of drug-likeness (QED) is 0.252. The molecule has 1 unspecified atom stereocenters. The SMILES string of the molecule is COC(=O)C1=C(c2ccccc2)Sc2cc(Br)ccc2C1C=O.Cc1ccc(Br)cc1. The van der Waals surface area contributed by atoms with Crippen molar-refractivity contribution < 1.29 is 14.3 Å². The van der Waals surface area contributed by atoms with Crippen LogP contribution in [-0.4, -0.2) is 19.4 Å². The fraction of sp³-hybridized carbons (Fsp3) is 0.120. The highest BCUT2D eigenvalue weighted by Crippen LogP contribution is 2.49. The third-order valence-corrected chi connectivity index (χ3v) is 6.92. The van der Waals surface area contributed by atoms with Crippen LogP contribution in [0, 0.1) is 6.92 Å². The van der Waals surface area contributed by atoms with Crippen LogP contribution in [-0.2, 0) is 14.3 Å². The van der Waals surface area contributed by atoms with Crippen LogP contribution in [0.15, 0.2) is 92.2 Å². The molecule has 1 heterocycles. The highest BCUT2D eigenvalue weighted by atomic mass is 79.9. The Kier molecular flexibility index (Phi) is 8.29. The number of fused-ring (bicyclic) bond motifs is 1. The van der Waals surface area contributed by atoms with Crippen LogP contribution < -0.4 is 0 Å². The van der Waals surface area contributed by atoms with Crippen LogP contribution in [0.4, 0.5) is 0 Å². The molecule has 1 atom stereocenters. The lowest BCUT2D eigenvalue weighted by molar-refractivity contribution is -0.136. The van der Waals surface area contributed by atoms with Crippen LogP contribution >= 0.6 is 43.6 Å². The number of benzene rings is 3. The summed E-state index contributed by atoms with van der Waals surface area (Å²) in [6.07, 6.45) is 0.807. The molecule has 3 nitrogen and oxygen atoms in total. The fourth-order valence-corrected chi connectivity index (χ4v) is 5.19. The van der Waals surface area contributed by atoms with Gasteiger partial charge in [0.2, 0.25) is 0 Å². The zero-order chi connectivity index (χ0) is 22.4. The van der Waals surface area contributed by atoms with Crippen molar-refractivity contribution >= 4 is 60.8 Å². The molecule has 3 aromatic carbocycles. The maximum Gasteiger partial charge on any atom is 0.335 e. The molecule has 0 bridgehead atoms. The molecule has 0 aliphatic carbocycles. The summed E-state index contributed by atoms with van der Waals surface area (Å²) < 4.78 is 7.01. The molecule has 0 fully saturated rings. The number of hydrogen-bond acceptors (Lipinski definition) is 4. The van der Waals surface area contributed by atoms with E-state index in [1.165, 1.54) is 24.4 Å². The summed E-state index contributed by atoms with van der Waals surface area (Å²) in [4.78, 5) is 25.8. The Morgan fingerprint density at radius 3 is 2.19 bits per heavy atom. The highest BCUT2D eigenvalue weighted by Gasteiger charge is 2.34. The number of carbonyl (C=O) groups excluding carboxylic acids is 2. The van der Waals surface area contributed by atoms with Crippen molar-refractivity contribution in [1.29, 1.82) is 0 Å². The predicted octanol–water partition coefficient (Wildman–Crippen LogP) is 7.18. The molecule has 0 saturated carbocycles. The Morgan fingerprint density at radius 2 is 1.61 bits per heavy atom. The fourth-order valence-electron chi connectivity index (χ4n) is 3.12. The number of carbonyl (C=O) groups is 2. The molecule has 3 aromatic rings. The first-order valence-corrected chi connectivity index (χ1v) is 11.9.